The minimum Gasteiger partial charge on any atom is -0.382 e. The number of halogens is 4. The first-order valence-electron chi connectivity index (χ1n) is 16.3. The van der Waals surface area contributed by atoms with Crippen LogP contribution in [0.1, 0.15) is 65.7 Å². The van der Waals surface area contributed by atoms with Crippen LogP contribution in [0.5, 0.6) is 0 Å². The number of benzene rings is 2. The first-order chi connectivity index (χ1) is 23.6. The summed E-state index contributed by atoms with van der Waals surface area (Å²) < 4.78 is 35.9. The maximum Gasteiger partial charge on any atom is 0.124 e. The van der Waals surface area contributed by atoms with Gasteiger partial charge in [-0.1, -0.05) is 0 Å². The first-order valence-corrected chi connectivity index (χ1v) is 18.5. The number of aliphatic hydroxyl groups is 1. The molecule has 2 fully saturated rings. The van der Waals surface area contributed by atoms with Crippen molar-refractivity contribution in [3.05, 3.63) is 126 Å². The van der Waals surface area contributed by atoms with E-state index >= 15 is 0 Å². The van der Waals surface area contributed by atoms with Crippen LogP contribution in [0.4, 0.5) is 8.78 Å². The Labute approximate surface area is 310 Å². The van der Waals surface area contributed by atoms with Crippen LogP contribution in [-0.2, 0) is 19.5 Å². The number of aliphatic hydroxyl groups excluding tert-OH is 1. The quantitative estimate of drug-likeness (QED) is 0.142. The Morgan fingerprint density at radius 3 is 1.92 bits per heavy atom. The summed E-state index contributed by atoms with van der Waals surface area (Å²) in [5, 5.41) is 28.8. The van der Waals surface area contributed by atoms with E-state index < -0.39 is 6.10 Å². The summed E-state index contributed by atoms with van der Waals surface area (Å²) >= 11 is 4.23. The number of rotatable bonds is 10. The van der Waals surface area contributed by atoms with E-state index in [0.717, 1.165) is 72.5 Å². The largest absolute Gasteiger partial charge is 0.382 e. The summed E-state index contributed by atoms with van der Waals surface area (Å²) in [6.07, 6.45) is 12.7. The summed E-state index contributed by atoms with van der Waals surface area (Å²) in [5.74, 6) is 1.01. The van der Waals surface area contributed by atoms with Gasteiger partial charge in [-0.15, -0.1) is 0 Å². The zero-order valence-electron chi connectivity index (χ0n) is 27.1. The molecule has 0 saturated heterocycles. The molecule has 1 unspecified atom stereocenters. The molecule has 2 aromatic carbocycles. The summed E-state index contributed by atoms with van der Waals surface area (Å²) in [4.78, 5) is 0. The van der Waals surface area contributed by atoms with E-state index in [-0.39, 0.29) is 11.6 Å². The van der Waals surface area contributed by atoms with Crippen molar-refractivity contribution in [2.45, 2.75) is 65.1 Å². The first kappa shape index (κ1) is 34.0. The van der Waals surface area contributed by atoms with Crippen molar-refractivity contribution in [1.29, 1.82) is 0 Å². The molecule has 49 heavy (non-hydrogen) atoms. The maximum absolute atomic E-state index is 13.4. The summed E-state index contributed by atoms with van der Waals surface area (Å²) in [6, 6.07) is 13.3. The molecule has 2 saturated carbocycles. The molecule has 1 N–H and O–H groups in total. The third kappa shape index (κ3) is 8.31. The van der Waals surface area contributed by atoms with Gasteiger partial charge in [-0.2, -0.15) is 20.4 Å². The van der Waals surface area contributed by atoms with Gasteiger partial charge in [0.15, 0.2) is 0 Å². The van der Waals surface area contributed by atoms with Crippen LogP contribution >= 0.6 is 45.2 Å². The molecular formula is C36H36F2I2N8O. The minimum absolute atomic E-state index is 0.227. The highest BCUT2D eigenvalue weighted by molar-refractivity contribution is 14.1. The van der Waals surface area contributed by atoms with Gasteiger partial charge >= 0.3 is 0 Å². The van der Waals surface area contributed by atoms with Gasteiger partial charge in [-0.25, -0.2) is 18.1 Å². The van der Waals surface area contributed by atoms with E-state index in [1.807, 2.05) is 46.4 Å². The average Bonchev–Trinajstić information content (AvgIpc) is 3.84. The average molecular weight is 889 g/mol. The van der Waals surface area contributed by atoms with Crippen LogP contribution in [0, 0.1) is 44.5 Å². The molecule has 0 amide bonds. The van der Waals surface area contributed by atoms with E-state index in [2.05, 4.69) is 77.8 Å². The number of hydrogen-bond acceptors (Lipinski definition) is 5. The van der Waals surface area contributed by atoms with Gasteiger partial charge < -0.3 is 5.11 Å². The standard InChI is InChI=1S/C18H18FIN4O.C18H18FIN4/c1-11-6-17(24(22-11)16-5-4-14(19)7-15(16)20)18(25)13-8-21-23(10-13)9-12-2-3-12;1-12-6-16(7-14-9-21-23(11-14)10-13-2-3-13)24(22-12)18-5-4-15(19)8-17(18)20/h4-8,10,12,18,25H,2-3,9H2,1H3;4-6,8-9,11,13H,2-3,7,10H2,1H3. The van der Waals surface area contributed by atoms with Crippen molar-refractivity contribution in [2.75, 3.05) is 0 Å². The smallest absolute Gasteiger partial charge is 0.124 e. The van der Waals surface area contributed by atoms with Gasteiger partial charge in [0.1, 0.15) is 17.7 Å². The normalized spacial score (nSPS) is 14.9. The lowest BCUT2D eigenvalue weighted by molar-refractivity contribution is 0.211. The fraction of sp³-hybridized carbons (Fsp3) is 0.333. The fourth-order valence-electron chi connectivity index (χ4n) is 5.83. The second kappa shape index (κ2) is 14.4. The van der Waals surface area contributed by atoms with Gasteiger partial charge in [-0.3, -0.25) is 9.36 Å². The molecule has 0 spiro atoms. The lowest BCUT2D eigenvalue weighted by Gasteiger charge is -2.13. The van der Waals surface area contributed by atoms with Crippen LogP contribution in [0.15, 0.2) is 73.3 Å². The molecule has 9 nitrogen and oxygen atoms in total. The second-order valence-electron chi connectivity index (χ2n) is 13.0. The molecule has 0 bridgehead atoms. The van der Waals surface area contributed by atoms with Crippen molar-refractivity contribution in [3.8, 4) is 11.4 Å². The fourth-order valence-corrected chi connectivity index (χ4v) is 7.24. The maximum atomic E-state index is 13.4. The Morgan fingerprint density at radius 2 is 1.31 bits per heavy atom. The van der Waals surface area contributed by atoms with E-state index in [9.17, 15) is 13.9 Å². The predicted octanol–water partition coefficient (Wildman–Crippen LogP) is 7.73. The summed E-state index contributed by atoms with van der Waals surface area (Å²) in [7, 11) is 0. The summed E-state index contributed by atoms with van der Waals surface area (Å²) in [5.41, 5.74) is 7.04. The highest BCUT2D eigenvalue weighted by Crippen LogP contribution is 2.32. The number of aromatic nitrogens is 8. The van der Waals surface area contributed by atoms with Gasteiger partial charge in [0.05, 0.1) is 40.9 Å². The number of hydrogen-bond donors (Lipinski definition) is 1. The van der Waals surface area contributed by atoms with E-state index in [1.165, 1.54) is 55.5 Å². The molecule has 254 valence electrons. The molecule has 1 atom stereocenters. The topological polar surface area (TPSA) is 91.5 Å². The van der Waals surface area contributed by atoms with Crippen molar-refractivity contribution in [1.82, 2.24) is 39.1 Å². The second-order valence-corrected chi connectivity index (χ2v) is 15.4. The van der Waals surface area contributed by atoms with Gasteiger partial charge in [-0.05, 0) is 151 Å². The number of nitrogens with zero attached hydrogens (tertiary/aromatic N) is 8. The Hall–Kier alpha value is -3.44. The highest BCUT2D eigenvalue weighted by atomic mass is 127. The molecule has 2 aliphatic rings. The molecule has 4 heterocycles. The molecular weight excluding hydrogens is 852 g/mol. The molecule has 2 aliphatic carbocycles. The van der Waals surface area contributed by atoms with Crippen LogP contribution < -0.4 is 0 Å². The molecule has 0 aliphatic heterocycles. The third-order valence-electron chi connectivity index (χ3n) is 8.65. The Morgan fingerprint density at radius 1 is 0.755 bits per heavy atom. The molecule has 8 rings (SSSR count). The summed E-state index contributed by atoms with van der Waals surface area (Å²) in [6.45, 7) is 5.78. The van der Waals surface area contributed by atoms with E-state index in [4.69, 9.17) is 0 Å². The zero-order valence-corrected chi connectivity index (χ0v) is 31.5. The molecule has 0 radical (unpaired) electrons. The Balaban J connectivity index is 0.000000154. The van der Waals surface area contributed by atoms with E-state index in [0.29, 0.717) is 5.69 Å². The van der Waals surface area contributed by atoms with E-state index in [1.54, 1.807) is 23.0 Å². The SMILES string of the molecule is Cc1cc(C(O)c2cnn(CC3CC3)c2)n(-c2ccc(F)cc2I)n1.Cc1cc(Cc2cnn(CC3CC3)c2)n(-c2ccc(F)cc2I)n1. The van der Waals surface area contributed by atoms with Crippen molar-refractivity contribution in [2.24, 2.45) is 11.8 Å². The lowest BCUT2D eigenvalue weighted by atomic mass is 10.1. The monoisotopic (exact) mass is 888 g/mol. The lowest BCUT2D eigenvalue weighted by Crippen LogP contribution is -2.09. The Kier molecular flexibility index (Phi) is 10.0. The Bertz CT molecular complexity index is 2090. The van der Waals surface area contributed by atoms with Crippen LogP contribution in [-0.4, -0.2) is 44.2 Å². The van der Waals surface area contributed by atoms with Crippen molar-refractivity contribution in [3.63, 3.8) is 0 Å². The third-order valence-corrected chi connectivity index (χ3v) is 10.4. The molecule has 13 heteroatoms. The van der Waals surface area contributed by atoms with Crippen molar-refractivity contribution < 1.29 is 13.9 Å². The van der Waals surface area contributed by atoms with Gasteiger partial charge in [0.2, 0.25) is 0 Å². The van der Waals surface area contributed by atoms with Gasteiger partial charge in [0.25, 0.3) is 0 Å². The minimum atomic E-state index is -0.838. The van der Waals surface area contributed by atoms with Crippen molar-refractivity contribution >= 4 is 45.2 Å². The zero-order chi connectivity index (χ0) is 34.2. The van der Waals surface area contributed by atoms with Crippen LogP contribution in [0.3, 0.4) is 0 Å². The molecule has 4 aromatic heterocycles. The number of aryl methyl sites for hydroxylation is 2. The molecule has 6 aromatic rings. The van der Waals surface area contributed by atoms with Gasteiger partial charge in [0, 0.05) is 50.3 Å². The predicted molar refractivity (Wildman–Crippen MR) is 199 cm³/mol. The van der Waals surface area contributed by atoms with Crippen LogP contribution in [0.2, 0.25) is 0 Å². The highest BCUT2D eigenvalue weighted by Gasteiger charge is 2.25. The van der Waals surface area contributed by atoms with Crippen LogP contribution in [0.25, 0.3) is 11.4 Å².